The Morgan fingerprint density at radius 2 is 1.44 bits per heavy atom. The molecule has 4 atom stereocenters. The zero-order valence-corrected chi connectivity index (χ0v) is 28.3. The highest BCUT2D eigenvalue weighted by Gasteiger charge is 2.49. The maximum Gasteiger partial charge on any atom is 0.145 e. The van der Waals surface area contributed by atoms with Crippen LogP contribution in [0.25, 0.3) is 0 Å². The molecule has 4 nitrogen and oxygen atoms in total. The molecule has 5 heteroatoms. The van der Waals surface area contributed by atoms with Gasteiger partial charge < -0.3 is 18.9 Å². The van der Waals surface area contributed by atoms with Crippen molar-refractivity contribution in [2.45, 2.75) is 96.2 Å². The van der Waals surface area contributed by atoms with Crippen LogP contribution in [0.4, 0.5) is 0 Å². The van der Waals surface area contributed by atoms with Gasteiger partial charge in [0.1, 0.15) is 33.9 Å². The Kier molecular flexibility index (Phi) is 10.2. The third-order valence-electron chi connectivity index (χ3n) is 9.43. The second-order valence-corrected chi connectivity index (χ2v) is 14.0. The van der Waals surface area contributed by atoms with E-state index in [2.05, 4.69) is 122 Å². The predicted octanol–water partition coefficient (Wildman–Crippen LogP) is 10.5. The molecule has 1 fully saturated rings. The summed E-state index contributed by atoms with van der Waals surface area (Å²) in [5.41, 5.74) is 4.51. The first-order chi connectivity index (χ1) is 21.9. The Morgan fingerprint density at radius 3 is 2.11 bits per heavy atom. The van der Waals surface area contributed by atoms with Crippen molar-refractivity contribution in [3.05, 3.63) is 124 Å². The molecule has 236 valence electrons. The van der Waals surface area contributed by atoms with Crippen LogP contribution in [0.15, 0.2) is 102 Å². The average Bonchev–Trinajstić information content (AvgIpc) is 3.06. The van der Waals surface area contributed by atoms with Gasteiger partial charge in [-0.05, 0) is 91.9 Å². The van der Waals surface area contributed by atoms with Crippen LogP contribution in [0.3, 0.4) is 0 Å². The molecule has 0 N–H and O–H groups in total. The summed E-state index contributed by atoms with van der Waals surface area (Å²) in [6.45, 7) is 7.73. The van der Waals surface area contributed by atoms with Crippen LogP contribution in [0.1, 0.15) is 81.0 Å². The minimum absolute atomic E-state index is 0.0415. The molecule has 2 aliphatic rings. The fourth-order valence-corrected chi connectivity index (χ4v) is 7.57. The van der Waals surface area contributed by atoms with Gasteiger partial charge in [0.15, 0.2) is 0 Å². The molecule has 6 rings (SSSR count). The first kappa shape index (κ1) is 31.7. The van der Waals surface area contributed by atoms with E-state index in [1.165, 1.54) is 11.1 Å². The summed E-state index contributed by atoms with van der Waals surface area (Å²) in [6.07, 6.45) is 6.27. The number of benzene rings is 4. The number of hydrogen-bond acceptors (Lipinski definition) is 4. The van der Waals surface area contributed by atoms with Crippen molar-refractivity contribution in [3.63, 3.8) is 0 Å². The zero-order chi connectivity index (χ0) is 31.2. The summed E-state index contributed by atoms with van der Waals surface area (Å²) in [5.74, 6) is 3.07. The predicted molar refractivity (Wildman–Crippen MR) is 184 cm³/mol. The van der Waals surface area contributed by atoms with E-state index in [4.69, 9.17) is 18.9 Å². The lowest BCUT2D eigenvalue weighted by Gasteiger charge is -2.49. The Labute approximate surface area is 277 Å². The standard InChI is InChI=1S/C40H45BrO4/c1-28(14-13-21-29-15-7-4-8-16-29)44-36-25-35(43-27-31-19-11-6-12-20-31)37-33-24-32(42-26-30-17-9-5-10-18-30)22-23-34(33)40(2,3)45-39(37)38(36)41/h4-12,15-20,25,28,32-34H,13-14,21-24,26-27H2,1-3H3/t28-,32+,33+,34+/m0/s1. The molecule has 4 aromatic rings. The maximum atomic E-state index is 6.89. The molecule has 0 amide bonds. The molecule has 1 aliphatic heterocycles. The van der Waals surface area contributed by atoms with Gasteiger partial charge in [-0.3, -0.25) is 0 Å². The highest BCUT2D eigenvalue weighted by Crippen LogP contribution is 2.58. The minimum Gasteiger partial charge on any atom is -0.489 e. The number of ether oxygens (including phenoxy) is 4. The van der Waals surface area contributed by atoms with Crippen molar-refractivity contribution in [1.29, 1.82) is 0 Å². The highest BCUT2D eigenvalue weighted by molar-refractivity contribution is 9.10. The molecule has 1 heterocycles. The normalized spacial score (nSPS) is 20.8. The van der Waals surface area contributed by atoms with E-state index in [0.717, 1.165) is 71.4 Å². The monoisotopic (exact) mass is 668 g/mol. The van der Waals surface area contributed by atoms with Crippen molar-refractivity contribution >= 4 is 15.9 Å². The van der Waals surface area contributed by atoms with Crippen molar-refractivity contribution < 1.29 is 18.9 Å². The minimum atomic E-state index is -0.332. The van der Waals surface area contributed by atoms with Gasteiger partial charge >= 0.3 is 0 Å². The average molecular weight is 670 g/mol. The van der Waals surface area contributed by atoms with E-state index in [9.17, 15) is 0 Å². The van der Waals surface area contributed by atoms with Gasteiger partial charge in [-0.15, -0.1) is 0 Å². The first-order valence-electron chi connectivity index (χ1n) is 16.5. The maximum absolute atomic E-state index is 6.89. The van der Waals surface area contributed by atoms with E-state index in [1.54, 1.807) is 0 Å². The summed E-state index contributed by atoms with van der Waals surface area (Å²) in [6, 6.07) is 33.6. The molecule has 1 saturated carbocycles. The van der Waals surface area contributed by atoms with E-state index in [-0.39, 0.29) is 23.7 Å². The van der Waals surface area contributed by atoms with E-state index in [1.807, 2.05) is 12.1 Å². The van der Waals surface area contributed by atoms with Gasteiger partial charge in [-0.2, -0.15) is 0 Å². The lowest BCUT2D eigenvalue weighted by atomic mass is 9.66. The van der Waals surface area contributed by atoms with Gasteiger partial charge in [-0.1, -0.05) is 91.0 Å². The van der Waals surface area contributed by atoms with Gasteiger partial charge in [-0.25, -0.2) is 0 Å². The van der Waals surface area contributed by atoms with Crippen LogP contribution in [-0.4, -0.2) is 17.8 Å². The molecule has 1 aliphatic carbocycles. The van der Waals surface area contributed by atoms with E-state index < -0.39 is 0 Å². The molecule has 0 bridgehead atoms. The summed E-state index contributed by atoms with van der Waals surface area (Å²) in [5, 5.41) is 0. The molecule has 0 radical (unpaired) electrons. The molecule has 45 heavy (non-hydrogen) atoms. The second-order valence-electron chi connectivity index (χ2n) is 13.2. The van der Waals surface area contributed by atoms with Crippen molar-refractivity contribution in [1.82, 2.24) is 0 Å². The molecule has 0 spiro atoms. The Balaban J connectivity index is 1.26. The molecule has 4 aromatic carbocycles. The van der Waals surface area contributed by atoms with E-state index >= 15 is 0 Å². The third kappa shape index (κ3) is 7.76. The van der Waals surface area contributed by atoms with Crippen molar-refractivity contribution in [2.24, 2.45) is 5.92 Å². The first-order valence-corrected chi connectivity index (χ1v) is 17.2. The summed E-state index contributed by atoms with van der Waals surface area (Å²) in [7, 11) is 0. The van der Waals surface area contributed by atoms with Gasteiger partial charge in [0.05, 0.1) is 18.8 Å². The molecular formula is C40H45BrO4. The largest absolute Gasteiger partial charge is 0.489 e. The fourth-order valence-electron chi connectivity index (χ4n) is 7.07. The number of fused-ring (bicyclic) bond motifs is 3. The van der Waals surface area contributed by atoms with Gasteiger partial charge in [0.25, 0.3) is 0 Å². The van der Waals surface area contributed by atoms with Gasteiger partial charge in [0.2, 0.25) is 0 Å². The SMILES string of the molecule is C[C@@H](CCCc1ccccc1)Oc1cc(OCc2ccccc2)c2c(c1Br)OC(C)(C)[C@@H]1CC[C@@H](OCc3ccccc3)C[C@@H]21. The van der Waals surface area contributed by atoms with Crippen LogP contribution >= 0.6 is 15.9 Å². The molecule has 0 unspecified atom stereocenters. The third-order valence-corrected chi connectivity index (χ3v) is 10.2. The number of aryl methyl sites for hydroxylation is 1. The van der Waals surface area contributed by atoms with Crippen LogP contribution in [0, 0.1) is 5.92 Å². The lowest BCUT2D eigenvalue weighted by Crippen LogP contribution is -2.48. The molecule has 0 saturated heterocycles. The van der Waals surface area contributed by atoms with Gasteiger partial charge in [0, 0.05) is 23.5 Å². The topological polar surface area (TPSA) is 36.9 Å². The van der Waals surface area contributed by atoms with Crippen LogP contribution in [0.2, 0.25) is 0 Å². The Bertz CT molecular complexity index is 1520. The van der Waals surface area contributed by atoms with Crippen LogP contribution in [-0.2, 0) is 24.4 Å². The Morgan fingerprint density at radius 1 is 0.822 bits per heavy atom. The smallest absolute Gasteiger partial charge is 0.145 e. The van der Waals surface area contributed by atoms with Crippen molar-refractivity contribution in [3.8, 4) is 17.2 Å². The summed E-state index contributed by atoms with van der Waals surface area (Å²) < 4.78 is 27.6. The number of halogens is 1. The van der Waals surface area contributed by atoms with Crippen LogP contribution < -0.4 is 14.2 Å². The highest BCUT2D eigenvalue weighted by atomic mass is 79.9. The quantitative estimate of drug-likeness (QED) is 0.150. The number of rotatable bonds is 12. The summed E-state index contributed by atoms with van der Waals surface area (Å²) in [4.78, 5) is 0. The second kappa shape index (κ2) is 14.4. The Hall–Kier alpha value is -3.28. The van der Waals surface area contributed by atoms with Crippen molar-refractivity contribution in [2.75, 3.05) is 0 Å². The lowest BCUT2D eigenvalue weighted by molar-refractivity contribution is -0.0569. The summed E-state index contributed by atoms with van der Waals surface area (Å²) >= 11 is 3.94. The zero-order valence-electron chi connectivity index (χ0n) is 26.7. The fraction of sp³-hybridized carbons (Fsp3) is 0.400. The van der Waals surface area contributed by atoms with E-state index in [0.29, 0.717) is 19.1 Å². The number of hydrogen-bond donors (Lipinski definition) is 0. The van der Waals surface area contributed by atoms with Crippen LogP contribution in [0.5, 0.6) is 17.2 Å². The molecule has 0 aromatic heterocycles. The molecular weight excluding hydrogens is 624 g/mol.